The third kappa shape index (κ3) is 3.73. The molecule has 1 aromatic rings. The largest absolute Gasteiger partial charge is 0.313 e. The summed E-state index contributed by atoms with van der Waals surface area (Å²) < 4.78 is 1.77. The topological polar surface area (TPSA) is 55.6 Å². The molecule has 0 aliphatic heterocycles. The maximum absolute atomic E-state index is 4.13. The van der Waals surface area contributed by atoms with Crippen LogP contribution >= 0.6 is 11.8 Å². The molecule has 6 heteroatoms. The van der Waals surface area contributed by atoms with Crippen molar-refractivity contribution in [2.45, 2.75) is 63.4 Å². The Morgan fingerprint density at radius 1 is 1.35 bits per heavy atom. The molecule has 114 valence electrons. The summed E-state index contributed by atoms with van der Waals surface area (Å²) in [6, 6.07) is 0.570. The molecule has 1 N–H and O–H groups in total. The van der Waals surface area contributed by atoms with Crippen molar-refractivity contribution in [1.82, 2.24) is 25.5 Å². The normalized spacial score (nSPS) is 27.8. The Balaban J connectivity index is 2.08. The Morgan fingerprint density at radius 2 is 2.10 bits per heavy atom. The van der Waals surface area contributed by atoms with Crippen LogP contribution in [0.2, 0.25) is 0 Å². The number of nitrogens with one attached hydrogen (secondary N) is 1. The summed E-state index contributed by atoms with van der Waals surface area (Å²) in [6.45, 7) is 10.3. The maximum Gasteiger partial charge on any atom is 0.209 e. The fourth-order valence-corrected chi connectivity index (χ4v) is 4.27. The molecule has 1 aliphatic rings. The quantitative estimate of drug-likeness (QED) is 0.925. The average Bonchev–Trinajstić information content (AvgIpc) is 2.76. The summed E-state index contributed by atoms with van der Waals surface area (Å²) in [5, 5.41) is 16.9. The molecule has 1 aromatic heterocycles. The first kappa shape index (κ1) is 15.8. The summed E-state index contributed by atoms with van der Waals surface area (Å²) in [5.41, 5.74) is 0.383. The molecule has 0 saturated heterocycles. The molecule has 0 spiro atoms. The van der Waals surface area contributed by atoms with Gasteiger partial charge in [0.15, 0.2) is 0 Å². The van der Waals surface area contributed by atoms with E-state index in [0.29, 0.717) is 16.7 Å². The highest BCUT2D eigenvalue weighted by atomic mass is 32.2. The molecule has 1 aliphatic carbocycles. The monoisotopic (exact) mass is 297 g/mol. The minimum absolute atomic E-state index is 0.383. The predicted octanol–water partition coefficient (Wildman–Crippen LogP) is 2.50. The van der Waals surface area contributed by atoms with Gasteiger partial charge in [0, 0.05) is 18.3 Å². The standard InChI is InChI=1S/C14H27N5S/c1-6-15-11-8-7-10(14(2,3)4)9-12(11)20-13-16-17-18-19(13)5/h10-12,15H,6-9H2,1-5H3. The Labute approximate surface area is 126 Å². The molecule has 0 aromatic carbocycles. The SMILES string of the molecule is CCNC1CCC(C(C)(C)C)CC1Sc1nnnn1C. The van der Waals surface area contributed by atoms with Crippen molar-refractivity contribution in [1.29, 1.82) is 0 Å². The van der Waals surface area contributed by atoms with Crippen LogP contribution in [-0.4, -0.2) is 38.0 Å². The zero-order chi connectivity index (χ0) is 14.8. The smallest absolute Gasteiger partial charge is 0.209 e. The zero-order valence-electron chi connectivity index (χ0n) is 13.3. The van der Waals surface area contributed by atoms with Gasteiger partial charge < -0.3 is 5.32 Å². The molecule has 1 heterocycles. The van der Waals surface area contributed by atoms with E-state index in [2.05, 4.69) is 48.5 Å². The van der Waals surface area contributed by atoms with Gasteiger partial charge in [0.05, 0.1) is 0 Å². The Hall–Kier alpha value is -0.620. The number of tetrazole rings is 1. The third-order valence-electron chi connectivity index (χ3n) is 4.32. The van der Waals surface area contributed by atoms with E-state index in [1.807, 2.05) is 18.8 Å². The van der Waals surface area contributed by atoms with Crippen LogP contribution in [0.25, 0.3) is 0 Å². The molecule has 2 rings (SSSR count). The van der Waals surface area contributed by atoms with Crippen molar-refractivity contribution in [2.24, 2.45) is 18.4 Å². The van der Waals surface area contributed by atoms with Gasteiger partial charge in [0.25, 0.3) is 0 Å². The molecule has 1 fully saturated rings. The molecule has 0 amide bonds. The van der Waals surface area contributed by atoms with E-state index >= 15 is 0 Å². The number of rotatable bonds is 4. The van der Waals surface area contributed by atoms with Gasteiger partial charge in [0.2, 0.25) is 5.16 Å². The van der Waals surface area contributed by atoms with E-state index < -0.39 is 0 Å². The summed E-state index contributed by atoms with van der Waals surface area (Å²) in [6.07, 6.45) is 3.80. The van der Waals surface area contributed by atoms with E-state index in [1.54, 1.807) is 4.68 Å². The second kappa shape index (κ2) is 6.43. The molecule has 3 unspecified atom stereocenters. The highest BCUT2D eigenvalue weighted by molar-refractivity contribution is 7.99. The molecule has 0 bridgehead atoms. The molecule has 20 heavy (non-hydrogen) atoms. The first-order valence-corrected chi connectivity index (χ1v) is 8.42. The van der Waals surface area contributed by atoms with Gasteiger partial charge >= 0.3 is 0 Å². The first-order valence-electron chi connectivity index (χ1n) is 7.54. The van der Waals surface area contributed by atoms with Crippen LogP contribution in [0, 0.1) is 11.3 Å². The van der Waals surface area contributed by atoms with Crippen LogP contribution in [0.5, 0.6) is 0 Å². The van der Waals surface area contributed by atoms with Crippen LogP contribution in [0.15, 0.2) is 5.16 Å². The lowest BCUT2D eigenvalue weighted by atomic mass is 9.71. The predicted molar refractivity (Wildman–Crippen MR) is 82.7 cm³/mol. The first-order chi connectivity index (χ1) is 9.41. The number of thioether (sulfide) groups is 1. The van der Waals surface area contributed by atoms with Crippen LogP contribution in [-0.2, 0) is 7.05 Å². The number of aromatic nitrogens is 4. The summed E-state index contributed by atoms with van der Waals surface area (Å²) in [4.78, 5) is 0. The average molecular weight is 297 g/mol. The van der Waals surface area contributed by atoms with Crippen molar-refractivity contribution in [3.05, 3.63) is 0 Å². The van der Waals surface area contributed by atoms with Gasteiger partial charge in [-0.2, -0.15) is 0 Å². The molecule has 1 saturated carbocycles. The summed E-state index contributed by atoms with van der Waals surface area (Å²) in [5.74, 6) is 0.774. The van der Waals surface area contributed by atoms with Crippen molar-refractivity contribution in [2.75, 3.05) is 6.54 Å². The van der Waals surface area contributed by atoms with Crippen molar-refractivity contribution < 1.29 is 0 Å². The molecular formula is C14H27N5S. The fourth-order valence-electron chi connectivity index (χ4n) is 3.00. The third-order valence-corrected chi connectivity index (χ3v) is 5.70. The van der Waals surface area contributed by atoms with Gasteiger partial charge in [-0.25, -0.2) is 4.68 Å². The molecule has 0 radical (unpaired) electrons. The number of aryl methyl sites for hydroxylation is 1. The van der Waals surface area contributed by atoms with Crippen LogP contribution in [0.1, 0.15) is 47.0 Å². The van der Waals surface area contributed by atoms with E-state index in [9.17, 15) is 0 Å². The lowest BCUT2D eigenvalue weighted by molar-refractivity contribution is 0.165. The zero-order valence-corrected chi connectivity index (χ0v) is 14.1. The summed E-state index contributed by atoms with van der Waals surface area (Å²) >= 11 is 1.83. The van der Waals surface area contributed by atoms with Gasteiger partial charge in [-0.3, -0.25) is 0 Å². The van der Waals surface area contributed by atoms with Crippen LogP contribution < -0.4 is 5.32 Å². The van der Waals surface area contributed by atoms with Crippen molar-refractivity contribution >= 4 is 11.8 Å². The second-order valence-electron chi connectivity index (χ2n) is 6.78. The molecule has 5 nitrogen and oxygen atoms in total. The van der Waals surface area contributed by atoms with E-state index in [0.717, 1.165) is 17.6 Å². The van der Waals surface area contributed by atoms with Crippen LogP contribution in [0.4, 0.5) is 0 Å². The second-order valence-corrected chi connectivity index (χ2v) is 7.99. The van der Waals surface area contributed by atoms with Gasteiger partial charge in [-0.15, -0.1) is 5.10 Å². The number of hydrogen-bond donors (Lipinski definition) is 1. The summed E-state index contributed by atoms with van der Waals surface area (Å²) in [7, 11) is 1.91. The van der Waals surface area contributed by atoms with E-state index in [4.69, 9.17) is 0 Å². The number of hydrogen-bond acceptors (Lipinski definition) is 5. The Kier molecular flexibility index (Phi) is 5.07. The lowest BCUT2D eigenvalue weighted by Gasteiger charge is -2.41. The maximum atomic E-state index is 4.13. The van der Waals surface area contributed by atoms with E-state index in [-0.39, 0.29) is 0 Å². The van der Waals surface area contributed by atoms with Crippen molar-refractivity contribution in [3.63, 3.8) is 0 Å². The van der Waals surface area contributed by atoms with Crippen LogP contribution in [0.3, 0.4) is 0 Å². The van der Waals surface area contributed by atoms with E-state index in [1.165, 1.54) is 19.3 Å². The fraction of sp³-hybridized carbons (Fsp3) is 0.929. The minimum Gasteiger partial charge on any atom is -0.313 e. The minimum atomic E-state index is 0.383. The highest BCUT2D eigenvalue weighted by Gasteiger charge is 2.36. The van der Waals surface area contributed by atoms with Gasteiger partial charge in [0.1, 0.15) is 0 Å². The highest BCUT2D eigenvalue weighted by Crippen LogP contribution is 2.42. The molecule has 3 atom stereocenters. The lowest BCUT2D eigenvalue weighted by Crippen LogP contribution is -2.44. The Morgan fingerprint density at radius 3 is 2.65 bits per heavy atom. The van der Waals surface area contributed by atoms with Gasteiger partial charge in [-0.05, 0) is 47.6 Å². The molecular weight excluding hydrogens is 270 g/mol. The Bertz CT molecular complexity index is 425. The number of nitrogens with zero attached hydrogens (tertiary/aromatic N) is 4. The van der Waals surface area contributed by atoms with Crippen molar-refractivity contribution in [3.8, 4) is 0 Å². The van der Waals surface area contributed by atoms with Gasteiger partial charge in [-0.1, -0.05) is 39.5 Å².